The minimum absolute atomic E-state index is 0.0801. The molecule has 1 aliphatic heterocycles. The Bertz CT molecular complexity index is 208. The van der Waals surface area contributed by atoms with Crippen LogP contribution in [0.5, 0.6) is 0 Å². The SMILES string of the molecule is CC#CCC(=O)C1CNCCO1. The van der Waals surface area contributed by atoms with Gasteiger partial charge in [0.2, 0.25) is 0 Å². The lowest BCUT2D eigenvalue weighted by atomic mass is 10.1. The largest absolute Gasteiger partial charge is 0.368 e. The maximum atomic E-state index is 11.3. The van der Waals surface area contributed by atoms with Crippen LogP contribution in [0.15, 0.2) is 0 Å². The van der Waals surface area contributed by atoms with Gasteiger partial charge in [0.25, 0.3) is 0 Å². The molecule has 0 bridgehead atoms. The van der Waals surface area contributed by atoms with Gasteiger partial charge in [0.1, 0.15) is 6.10 Å². The number of Topliss-reactive ketones (excluding diaryl/α,β-unsaturated/α-hetero) is 1. The zero-order valence-electron chi connectivity index (χ0n) is 7.22. The number of carbonyl (C=O) groups excluding carboxylic acids is 1. The molecule has 12 heavy (non-hydrogen) atoms. The summed E-state index contributed by atoms with van der Waals surface area (Å²) in [6.45, 7) is 3.82. The predicted octanol–water partition coefficient (Wildman–Crippen LogP) is -0.0427. The van der Waals surface area contributed by atoms with Gasteiger partial charge in [-0.05, 0) is 6.92 Å². The topological polar surface area (TPSA) is 38.3 Å². The smallest absolute Gasteiger partial charge is 0.174 e. The molecule has 1 unspecified atom stereocenters. The van der Waals surface area contributed by atoms with Crippen LogP contribution >= 0.6 is 0 Å². The van der Waals surface area contributed by atoms with Gasteiger partial charge in [0.05, 0.1) is 13.0 Å². The molecule has 1 atom stereocenters. The van der Waals surface area contributed by atoms with Crippen molar-refractivity contribution in [1.29, 1.82) is 0 Å². The van der Waals surface area contributed by atoms with Gasteiger partial charge in [0, 0.05) is 13.1 Å². The normalized spacial score (nSPS) is 22.6. The average Bonchev–Trinajstić information content (AvgIpc) is 2.15. The van der Waals surface area contributed by atoms with E-state index in [0.717, 1.165) is 6.54 Å². The van der Waals surface area contributed by atoms with E-state index in [1.165, 1.54) is 0 Å². The first-order valence-corrected chi connectivity index (χ1v) is 4.09. The lowest BCUT2D eigenvalue weighted by molar-refractivity contribution is -0.130. The van der Waals surface area contributed by atoms with E-state index < -0.39 is 0 Å². The number of ketones is 1. The summed E-state index contributed by atoms with van der Waals surface area (Å²) in [4.78, 5) is 11.3. The Morgan fingerprint density at radius 2 is 2.58 bits per heavy atom. The first-order chi connectivity index (χ1) is 5.84. The third-order valence-corrected chi connectivity index (χ3v) is 1.73. The number of rotatable bonds is 2. The first kappa shape index (κ1) is 9.24. The Morgan fingerprint density at radius 3 is 3.17 bits per heavy atom. The molecule has 0 aliphatic carbocycles. The molecule has 1 heterocycles. The zero-order chi connectivity index (χ0) is 8.81. The molecule has 3 nitrogen and oxygen atoms in total. The van der Waals surface area contributed by atoms with E-state index in [1.54, 1.807) is 6.92 Å². The van der Waals surface area contributed by atoms with Crippen LogP contribution in [-0.4, -0.2) is 31.6 Å². The second-order valence-corrected chi connectivity index (χ2v) is 2.63. The maximum Gasteiger partial charge on any atom is 0.174 e. The number of hydrogen-bond donors (Lipinski definition) is 1. The fourth-order valence-electron chi connectivity index (χ4n) is 1.06. The minimum atomic E-state index is -0.278. The standard InChI is InChI=1S/C9H13NO2/c1-2-3-4-8(11)9-7-10-5-6-12-9/h9-10H,4-7H2,1H3. The van der Waals surface area contributed by atoms with Crippen molar-refractivity contribution in [2.75, 3.05) is 19.7 Å². The van der Waals surface area contributed by atoms with Gasteiger partial charge in [-0.15, -0.1) is 5.92 Å². The second kappa shape index (κ2) is 4.91. The van der Waals surface area contributed by atoms with Gasteiger partial charge in [0.15, 0.2) is 5.78 Å². The highest BCUT2D eigenvalue weighted by Gasteiger charge is 2.20. The molecule has 0 aromatic carbocycles. The minimum Gasteiger partial charge on any atom is -0.368 e. The lowest BCUT2D eigenvalue weighted by Gasteiger charge is -2.21. The van der Waals surface area contributed by atoms with Crippen LogP contribution in [0.4, 0.5) is 0 Å². The molecular weight excluding hydrogens is 154 g/mol. The number of ether oxygens (including phenoxy) is 1. The van der Waals surface area contributed by atoms with Crippen LogP contribution in [0.25, 0.3) is 0 Å². The van der Waals surface area contributed by atoms with E-state index >= 15 is 0 Å². The van der Waals surface area contributed by atoms with Gasteiger partial charge < -0.3 is 10.1 Å². The summed E-state index contributed by atoms with van der Waals surface area (Å²) in [6, 6.07) is 0. The highest BCUT2D eigenvalue weighted by Crippen LogP contribution is 1.99. The van der Waals surface area contributed by atoms with Crippen LogP contribution in [-0.2, 0) is 9.53 Å². The van der Waals surface area contributed by atoms with Crippen LogP contribution in [0.2, 0.25) is 0 Å². The van der Waals surface area contributed by atoms with Gasteiger partial charge in [-0.2, -0.15) is 0 Å². The third-order valence-electron chi connectivity index (χ3n) is 1.73. The number of hydrogen-bond acceptors (Lipinski definition) is 3. The molecule has 1 saturated heterocycles. The van der Waals surface area contributed by atoms with Crippen LogP contribution in [0.1, 0.15) is 13.3 Å². The molecule has 1 aliphatic rings. The summed E-state index contributed by atoms with van der Waals surface area (Å²) in [5, 5.41) is 3.10. The lowest BCUT2D eigenvalue weighted by Crippen LogP contribution is -2.42. The molecule has 3 heteroatoms. The monoisotopic (exact) mass is 167 g/mol. The van der Waals surface area contributed by atoms with E-state index in [2.05, 4.69) is 17.2 Å². The van der Waals surface area contributed by atoms with Crippen molar-refractivity contribution in [1.82, 2.24) is 5.32 Å². The summed E-state index contributed by atoms with van der Waals surface area (Å²) in [7, 11) is 0. The van der Waals surface area contributed by atoms with E-state index in [1.807, 2.05) is 0 Å². The summed E-state index contributed by atoms with van der Waals surface area (Å²) >= 11 is 0. The van der Waals surface area contributed by atoms with Crippen molar-refractivity contribution >= 4 is 5.78 Å². The number of morpholine rings is 1. The summed E-state index contributed by atoms with van der Waals surface area (Å²) in [5.74, 6) is 5.51. The molecule has 1 rings (SSSR count). The summed E-state index contributed by atoms with van der Waals surface area (Å²) < 4.78 is 5.26. The molecule has 0 amide bonds. The summed E-state index contributed by atoms with van der Waals surface area (Å²) in [5.41, 5.74) is 0. The fourth-order valence-corrected chi connectivity index (χ4v) is 1.06. The van der Waals surface area contributed by atoms with Crippen molar-refractivity contribution in [2.45, 2.75) is 19.4 Å². The van der Waals surface area contributed by atoms with Crippen molar-refractivity contribution in [3.8, 4) is 11.8 Å². The Kier molecular flexibility index (Phi) is 3.78. The molecule has 0 radical (unpaired) electrons. The molecule has 1 fully saturated rings. The Labute approximate surface area is 72.5 Å². The van der Waals surface area contributed by atoms with E-state index in [9.17, 15) is 4.79 Å². The van der Waals surface area contributed by atoms with Crippen molar-refractivity contribution in [3.63, 3.8) is 0 Å². The maximum absolute atomic E-state index is 11.3. The molecule has 0 aromatic rings. The molecular formula is C9H13NO2. The first-order valence-electron chi connectivity index (χ1n) is 4.09. The highest BCUT2D eigenvalue weighted by atomic mass is 16.5. The van der Waals surface area contributed by atoms with Gasteiger partial charge in [-0.25, -0.2) is 0 Å². The van der Waals surface area contributed by atoms with E-state index in [0.29, 0.717) is 19.6 Å². The predicted molar refractivity (Wildman–Crippen MR) is 45.7 cm³/mol. The van der Waals surface area contributed by atoms with E-state index in [4.69, 9.17) is 4.74 Å². The van der Waals surface area contributed by atoms with Crippen molar-refractivity contribution in [2.24, 2.45) is 0 Å². The third kappa shape index (κ3) is 2.65. The van der Waals surface area contributed by atoms with Gasteiger partial charge in [-0.3, -0.25) is 4.79 Å². The van der Waals surface area contributed by atoms with Crippen LogP contribution in [0, 0.1) is 11.8 Å². The quantitative estimate of drug-likeness (QED) is 0.586. The molecule has 0 spiro atoms. The van der Waals surface area contributed by atoms with Crippen LogP contribution < -0.4 is 5.32 Å². The summed E-state index contributed by atoms with van der Waals surface area (Å²) in [6.07, 6.45) is 0.0302. The molecule has 1 N–H and O–H groups in total. The fraction of sp³-hybridized carbons (Fsp3) is 0.667. The number of nitrogens with one attached hydrogen (secondary N) is 1. The molecule has 0 aromatic heterocycles. The Hall–Kier alpha value is -0.850. The van der Waals surface area contributed by atoms with E-state index in [-0.39, 0.29) is 11.9 Å². The average molecular weight is 167 g/mol. The van der Waals surface area contributed by atoms with Gasteiger partial charge in [-0.1, -0.05) is 5.92 Å². The zero-order valence-corrected chi connectivity index (χ0v) is 7.22. The Balaban J connectivity index is 2.33. The van der Waals surface area contributed by atoms with Gasteiger partial charge >= 0.3 is 0 Å². The number of carbonyl (C=O) groups is 1. The Morgan fingerprint density at radius 1 is 1.75 bits per heavy atom. The van der Waals surface area contributed by atoms with Crippen LogP contribution in [0.3, 0.4) is 0 Å². The van der Waals surface area contributed by atoms with Crippen molar-refractivity contribution in [3.05, 3.63) is 0 Å². The molecule has 0 saturated carbocycles. The molecule has 66 valence electrons. The van der Waals surface area contributed by atoms with Crippen molar-refractivity contribution < 1.29 is 9.53 Å². The second-order valence-electron chi connectivity index (χ2n) is 2.63. The highest BCUT2D eigenvalue weighted by molar-refractivity contribution is 5.85.